The van der Waals surface area contributed by atoms with Gasteiger partial charge in [-0.2, -0.15) is 5.10 Å². The van der Waals surface area contributed by atoms with Gasteiger partial charge >= 0.3 is 0 Å². The number of nitrogens with one attached hydrogen (secondary N) is 1. The molecular weight excluding hydrogens is 250 g/mol. The maximum atomic E-state index is 6.35. The number of aromatic nitrogens is 2. The van der Waals surface area contributed by atoms with E-state index in [4.69, 9.17) is 4.74 Å². The van der Waals surface area contributed by atoms with Crippen molar-refractivity contribution in [1.29, 1.82) is 0 Å². The Labute approximate surface area is 121 Å². The standard InChI is InChI=1S/C16H27N3O/c1-3-17-13(2)14-10-18-19(11-14)12-15-6-9-16(20-15)7-4-5-8-16/h10-11,13,15,17H,3-9,12H2,1-2H3. The van der Waals surface area contributed by atoms with Gasteiger partial charge in [-0.3, -0.25) is 4.68 Å². The van der Waals surface area contributed by atoms with Crippen LogP contribution in [0.2, 0.25) is 0 Å². The molecule has 2 unspecified atom stereocenters. The molecule has 0 bridgehead atoms. The molecule has 4 heteroatoms. The molecule has 1 aromatic heterocycles. The van der Waals surface area contributed by atoms with E-state index in [-0.39, 0.29) is 5.60 Å². The van der Waals surface area contributed by atoms with E-state index in [1.54, 1.807) is 0 Å². The van der Waals surface area contributed by atoms with E-state index >= 15 is 0 Å². The van der Waals surface area contributed by atoms with Gasteiger partial charge in [-0.05, 0) is 39.2 Å². The Hall–Kier alpha value is -0.870. The van der Waals surface area contributed by atoms with Crippen molar-refractivity contribution in [3.63, 3.8) is 0 Å². The van der Waals surface area contributed by atoms with E-state index in [2.05, 4.69) is 35.1 Å². The van der Waals surface area contributed by atoms with E-state index < -0.39 is 0 Å². The average molecular weight is 277 g/mol. The lowest BCUT2D eigenvalue weighted by atomic mass is 9.98. The summed E-state index contributed by atoms with van der Waals surface area (Å²) in [5.41, 5.74) is 1.50. The summed E-state index contributed by atoms with van der Waals surface area (Å²) in [5, 5.41) is 7.92. The van der Waals surface area contributed by atoms with Crippen molar-refractivity contribution in [3.05, 3.63) is 18.0 Å². The highest BCUT2D eigenvalue weighted by atomic mass is 16.5. The van der Waals surface area contributed by atoms with Crippen molar-refractivity contribution in [2.24, 2.45) is 0 Å². The Balaban J connectivity index is 1.56. The second-order valence-electron chi connectivity index (χ2n) is 6.44. The van der Waals surface area contributed by atoms with Crippen LogP contribution in [-0.2, 0) is 11.3 Å². The summed E-state index contributed by atoms with van der Waals surface area (Å²) in [4.78, 5) is 0. The van der Waals surface area contributed by atoms with E-state index in [1.807, 2.05) is 6.20 Å². The molecule has 2 heterocycles. The summed E-state index contributed by atoms with van der Waals surface area (Å²) in [7, 11) is 0. The molecular formula is C16H27N3O. The molecule has 0 aromatic carbocycles. The van der Waals surface area contributed by atoms with Crippen molar-refractivity contribution in [2.45, 2.75) is 76.7 Å². The Kier molecular flexibility index (Phi) is 4.13. The molecule has 1 saturated carbocycles. The van der Waals surface area contributed by atoms with Gasteiger partial charge in [0.2, 0.25) is 0 Å². The van der Waals surface area contributed by atoms with Gasteiger partial charge in [0, 0.05) is 17.8 Å². The van der Waals surface area contributed by atoms with Gasteiger partial charge in [0.1, 0.15) is 0 Å². The van der Waals surface area contributed by atoms with Crippen LogP contribution in [0.25, 0.3) is 0 Å². The first-order valence-corrected chi connectivity index (χ1v) is 8.14. The topological polar surface area (TPSA) is 39.1 Å². The zero-order valence-corrected chi connectivity index (χ0v) is 12.8. The van der Waals surface area contributed by atoms with Crippen LogP contribution in [0.15, 0.2) is 12.4 Å². The zero-order chi connectivity index (χ0) is 14.0. The van der Waals surface area contributed by atoms with Crippen molar-refractivity contribution in [2.75, 3.05) is 6.54 Å². The highest BCUT2D eigenvalue weighted by Crippen LogP contribution is 2.43. The molecule has 1 spiro atoms. The molecule has 2 atom stereocenters. The molecule has 3 rings (SSSR count). The number of nitrogens with zero attached hydrogens (tertiary/aromatic N) is 2. The number of ether oxygens (including phenoxy) is 1. The first-order valence-electron chi connectivity index (χ1n) is 8.14. The molecule has 20 heavy (non-hydrogen) atoms. The molecule has 1 N–H and O–H groups in total. The molecule has 0 amide bonds. The summed E-state index contributed by atoms with van der Waals surface area (Å²) in [6.07, 6.45) is 12.2. The summed E-state index contributed by atoms with van der Waals surface area (Å²) >= 11 is 0. The minimum absolute atomic E-state index is 0.234. The minimum atomic E-state index is 0.234. The van der Waals surface area contributed by atoms with Crippen LogP contribution < -0.4 is 5.32 Å². The normalized spacial score (nSPS) is 26.4. The third-order valence-corrected chi connectivity index (χ3v) is 4.91. The number of rotatable bonds is 5. The summed E-state index contributed by atoms with van der Waals surface area (Å²) in [5.74, 6) is 0. The molecule has 2 fully saturated rings. The van der Waals surface area contributed by atoms with Crippen LogP contribution in [0, 0.1) is 0 Å². The van der Waals surface area contributed by atoms with E-state index in [0.29, 0.717) is 12.1 Å². The number of hydrogen-bond acceptors (Lipinski definition) is 3. The maximum absolute atomic E-state index is 6.35. The van der Waals surface area contributed by atoms with Crippen LogP contribution in [0.1, 0.15) is 64.0 Å². The minimum Gasteiger partial charge on any atom is -0.370 e. The van der Waals surface area contributed by atoms with Crippen molar-refractivity contribution in [1.82, 2.24) is 15.1 Å². The molecule has 112 valence electrons. The van der Waals surface area contributed by atoms with Crippen molar-refractivity contribution >= 4 is 0 Å². The first-order chi connectivity index (χ1) is 9.71. The molecule has 2 aliphatic rings. The maximum Gasteiger partial charge on any atom is 0.0779 e. The third-order valence-electron chi connectivity index (χ3n) is 4.91. The quantitative estimate of drug-likeness (QED) is 0.899. The lowest BCUT2D eigenvalue weighted by Crippen LogP contribution is -2.26. The molecule has 1 saturated heterocycles. The van der Waals surface area contributed by atoms with Gasteiger partial charge < -0.3 is 10.1 Å². The van der Waals surface area contributed by atoms with Gasteiger partial charge in [-0.25, -0.2) is 0 Å². The predicted molar refractivity (Wildman–Crippen MR) is 79.6 cm³/mol. The summed E-state index contributed by atoms with van der Waals surface area (Å²) in [6, 6.07) is 0.374. The highest BCUT2D eigenvalue weighted by Gasteiger charge is 2.42. The Morgan fingerprint density at radius 2 is 2.25 bits per heavy atom. The van der Waals surface area contributed by atoms with Crippen LogP contribution in [0.5, 0.6) is 0 Å². The first kappa shape index (κ1) is 14.1. The lowest BCUT2D eigenvalue weighted by molar-refractivity contribution is -0.0429. The Bertz CT molecular complexity index is 437. The van der Waals surface area contributed by atoms with E-state index in [1.165, 1.54) is 44.1 Å². The Morgan fingerprint density at radius 1 is 1.45 bits per heavy atom. The second-order valence-corrected chi connectivity index (χ2v) is 6.44. The van der Waals surface area contributed by atoms with Gasteiger partial charge in [0.25, 0.3) is 0 Å². The van der Waals surface area contributed by atoms with Crippen LogP contribution in [0.4, 0.5) is 0 Å². The fraction of sp³-hybridized carbons (Fsp3) is 0.812. The molecule has 1 aliphatic heterocycles. The largest absolute Gasteiger partial charge is 0.370 e. The fourth-order valence-electron chi connectivity index (χ4n) is 3.75. The molecule has 0 radical (unpaired) electrons. The van der Waals surface area contributed by atoms with Gasteiger partial charge in [0.05, 0.1) is 24.4 Å². The van der Waals surface area contributed by atoms with Gasteiger partial charge in [0.15, 0.2) is 0 Å². The SMILES string of the molecule is CCNC(C)c1cnn(CC2CCC3(CCCC3)O2)c1. The predicted octanol–water partition coefficient (Wildman–Crippen LogP) is 3.05. The monoisotopic (exact) mass is 277 g/mol. The van der Waals surface area contributed by atoms with Crippen LogP contribution >= 0.6 is 0 Å². The highest BCUT2D eigenvalue weighted by molar-refractivity contribution is 5.09. The Morgan fingerprint density at radius 3 is 3.00 bits per heavy atom. The summed E-state index contributed by atoms with van der Waals surface area (Å²) < 4.78 is 8.41. The van der Waals surface area contributed by atoms with Crippen LogP contribution in [-0.4, -0.2) is 28.0 Å². The zero-order valence-electron chi connectivity index (χ0n) is 12.8. The van der Waals surface area contributed by atoms with Crippen LogP contribution in [0.3, 0.4) is 0 Å². The van der Waals surface area contributed by atoms with E-state index in [0.717, 1.165) is 13.1 Å². The molecule has 1 aliphatic carbocycles. The van der Waals surface area contributed by atoms with E-state index in [9.17, 15) is 0 Å². The molecule has 4 nitrogen and oxygen atoms in total. The molecule has 1 aromatic rings. The smallest absolute Gasteiger partial charge is 0.0779 e. The number of hydrogen-bond donors (Lipinski definition) is 1. The van der Waals surface area contributed by atoms with Crippen molar-refractivity contribution in [3.8, 4) is 0 Å². The fourth-order valence-corrected chi connectivity index (χ4v) is 3.75. The average Bonchev–Trinajstić information content (AvgIpc) is 3.14. The third kappa shape index (κ3) is 2.91. The second kappa shape index (κ2) is 5.86. The van der Waals surface area contributed by atoms with Crippen molar-refractivity contribution < 1.29 is 4.74 Å². The summed E-state index contributed by atoms with van der Waals surface area (Å²) in [6.45, 7) is 6.21. The lowest BCUT2D eigenvalue weighted by Gasteiger charge is -2.23. The van der Waals surface area contributed by atoms with Gasteiger partial charge in [-0.1, -0.05) is 19.8 Å². The van der Waals surface area contributed by atoms with Gasteiger partial charge in [-0.15, -0.1) is 0 Å².